The fourth-order valence-electron chi connectivity index (χ4n) is 6.07. The van der Waals surface area contributed by atoms with Crippen LogP contribution in [0.15, 0.2) is 97.1 Å². The number of non-ortho nitro benzene ring substituents is 2. The number of hydrogen-bond donors (Lipinski definition) is 2. The number of carbonyl (C=O) groups excluding carboxylic acids is 4. The van der Waals surface area contributed by atoms with Crippen LogP contribution in [0.1, 0.15) is 66.7 Å². The third kappa shape index (κ3) is 6.10. The van der Waals surface area contributed by atoms with E-state index in [1.54, 1.807) is 50.2 Å². The van der Waals surface area contributed by atoms with Crippen molar-refractivity contribution in [3.05, 3.63) is 151 Å². The summed E-state index contributed by atoms with van der Waals surface area (Å²) >= 11 is 0. The largest absolute Gasteiger partial charge is 0.461 e. The summed E-state index contributed by atoms with van der Waals surface area (Å²) in [5.41, 5.74) is -1.25. The van der Waals surface area contributed by atoms with Crippen LogP contribution in [-0.2, 0) is 14.9 Å². The second-order valence-electron chi connectivity index (χ2n) is 11.4. The Morgan fingerprint density at radius 3 is 1.29 bits per heavy atom. The van der Waals surface area contributed by atoms with Crippen molar-refractivity contribution in [2.45, 2.75) is 19.3 Å². The molecular weight excluding hydrogens is 660 g/mol. The van der Waals surface area contributed by atoms with Crippen molar-refractivity contribution in [3.8, 4) is 0 Å². The molecule has 0 atom stereocenters. The molecule has 14 nitrogen and oxygen atoms in total. The number of ether oxygens (including phenoxy) is 2. The molecule has 0 amide bonds. The van der Waals surface area contributed by atoms with E-state index >= 15 is 9.59 Å². The topological polar surface area (TPSA) is 205 Å². The van der Waals surface area contributed by atoms with Crippen molar-refractivity contribution < 1.29 is 38.5 Å². The van der Waals surface area contributed by atoms with E-state index in [0.717, 1.165) is 24.3 Å². The van der Waals surface area contributed by atoms with Crippen LogP contribution in [0.2, 0.25) is 0 Å². The van der Waals surface area contributed by atoms with Crippen molar-refractivity contribution >= 4 is 56.7 Å². The molecule has 6 aromatic rings. The Labute approximate surface area is 288 Å². The molecule has 0 unspecified atom stereocenters. The molecule has 0 aliphatic carbocycles. The second-order valence-corrected chi connectivity index (χ2v) is 11.4. The maximum Gasteiger partial charge on any atom is 0.354 e. The number of Topliss-reactive ketones (excluding diaryl/α,β-unsaturated/α-hetero) is 2. The quantitative estimate of drug-likeness (QED) is 0.0449. The monoisotopic (exact) mass is 688 g/mol. The number of hydrogen-bond acceptors (Lipinski definition) is 10. The zero-order valence-corrected chi connectivity index (χ0v) is 27.1. The molecule has 0 radical (unpaired) electrons. The Hall–Kier alpha value is -6.96. The minimum absolute atomic E-state index is 0.0429. The normalized spacial score (nSPS) is 11.3. The third-order valence-electron chi connectivity index (χ3n) is 8.46. The zero-order valence-electron chi connectivity index (χ0n) is 27.1. The number of fused-ring (bicyclic) bond motifs is 2. The van der Waals surface area contributed by atoms with Crippen molar-refractivity contribution in [2.24, 2.45) is 0 Å². The first-order valence-corrected chi connectivity index (χ1v) is 15.7. The molecule has 0 bridgehead atoms. The molecule has 0 aliphatic rings. The highest BCUT2D eigenvalue weighted by atomic mass is 16.6. The lowest BCUT2D eigenvalue weighted by Gasteiger charge is -2.33. The fourth-order valence-corrected chi connectivity index (χ4v) is 6.07. The highest BCUT2D eigenvalue weighted by Gasteiger charge is 2.50. The smallest absolute Gasteiger partial charge is 0.354 e. The van der Waals surface area contributed by atoms with Crippen molar-refractivity contribution in [1.29, 1.82) is 0 Å². The van der Waals surface area contributed by atoms with Crippen LogP contribution in [0, 0.1) is 20.2 Å². The summed E-state index contributed by atoms with van der Waals surface area (Å²) in [5, 5.41) is 23.9. The van der Waals surface area contributed by atoms with E-state index in [4.69, 9.17) is 9.47 Å². The molecule has 0 saturated heterocycles. The maximum atomic E-state index is 15.1. The van der Waals surface area contributed by atoms with Crippen LogP contribution in [0.3, 0.4) is 0 Å². The van der Waals surface area contributed by atoms with Gasteiger partial charge in [-0.15, -0.1) is 0 Å². The number of H-pyrrole nitrogens is 2. The van der Waals surface area contributed by atoms with Gasteiger partial charge >= 0.3 is 11.9 Å². The van der Waals surface area contributed by atoms with Gasteiger partial charge in [-0.2, -0.15) is 0 Å². The van der Waals surface area contributed by atoms with Gasteiger partial charge in [0, 0.05) is 57.2 Å². The van der Waals surface area contributed by atoms with Gasteiger partial charge in [-0.1, -0.05) is 12.1 Å². The van der Waals surface area contributed by atoms with Gasteiger partial charge in [-0.05, 0) is 85.6 Å². The number of nitro benzene ring substituents is 2. The predicted octanol–water partition coefficient (Wildman–Crippen LogP) is 6.87. The van der Waals surface area contributed by atoms with Gasteiger partial charge < -0.3 is 19.4 Å². The molecule has 0 spiro atoms. The fraction of sp³-hybridized carbons (Fsp3) is 0.135. The molecule has 2 aromatic heterocycles. The Bertz CT molecular complexity index is 2210. The number of ketones is 2. The Kier molecular flexibility index (Phi) is 8.99. The first kappa shape index (κ1) is 33.9. The molecule has 2 N–H and O–H groups in total. The summed E-state index contributed by atoms with van der Waals surface area (Å²) in [4.78, 5) is 83.1. The van der Waals surface area contributed by atoms with E-state index in [2.05, 4.69) is 9.97 Å². The van der Waals surface area contributed by atoms with Gasteiger partial charge in [0.15, 0.2) is 11.6 Å². The number of nitro groups is 2. The third-order valence-corrected chi connectivity index (χ3v) is 8.46. The first-order chi connectivity index (χ1) is 24.5. The predicted molar refractivity (Wildman–Crippen MR) is 184 cm³/mol. The molecule has 0 aliphatic heterocycles. The minimum atomic E-state index is -2.21. The molecular formula is C37H28N4O10. The summed E-state index contributed by atoms with van der Waals surface area (Å²) in [7, 11) is 0. The van der Waals surface area contributed by atoms with E-state index in [1.807, 2.05) is 0 Å². The van der Waals surface area contributed by atoms with Crippen molar-refractivity contribution in [1.82, 2.24) is 9.97 Å². The Morgan fingerprint density at radius 2 is 0.961 bits per heavy atom. The SMILES string of the molecule is CCOC(=O)c1cc2cc(C(C(=O)c3ccc([N+](=O)[O-])cc3)(C(=O)c3ccc([N+](=O)[O-])cc3)c3ccc4[nH]c(C(=O)OCC)cc4c3)ccc2[nH]1. The van der Waals surface area contributed by atoms with Crippen LogP contribution in [0.4, 0.5) is 11.4 Å². The lowest BCUT2D eigenvalue weighted by atomic mass is 9.65. The van der Waals surface area contributed by atoms with E-state index in [9.17, 15) is 29.8 Å². The summed E-state index contributed by atoms with van der Waals surface area (Å²) in [6, 6.07) is 22.1. The maximum absolute atomic E-state index is 15.1. The van der Waals surface area contributed by atoms with Gasteiger partial charge in [-0.25, -0.2) is 9.59 Å². The molecule has 51 heavy (non-hydrogen) atoms. The highest BCUT2D eigenvalue weighted by Crippen LogP contribution is 2.42. The van der Waals surface area contributed by atoms with Crippen LogP contribution < -0.4 is 0 Å². The summed E-state index contributed by atoms with van der Waals surface area (Å²) < 4.78 is 10.3. The van der Waals surface area contributed by atoms with E-state index in [0.29, 0.717) is 21.8 Å². The number of esters is 2. The van der Waals surface area contributed by atoms with Crippen LogP contribution in [0.5, 0.6) is 0 Å². The number of carbonyl (C=O) groups is 4. The van der Waals surface area contributed by atoms with Gasteiger partial charge in [0.05, 0.1) is 23.1 Å². The number of aromatic amines is 2. The van der Waals surface area contributed by atoms with Crippen LogP contribution >= 0.6 is 0 Å². The average Bonchev–Trinajstić information content (AvgIpc) is 3.77. The molecule has 0 fully saturated rings. The average molecular weight is 689 g/mol. The van der Waals surface area contributed by atoms with E-state index in [-0.39, 0.29) is 58.2 Å². The lowest BCUT2D eigenvalue weighted by Crippen LogP contribution is -2.45. The van der Waals surface area contributed by atoms with Gasteiger partial charge in [0.2, 0.25) is 0 Å². The summed E-state index contributed by atoms with van der Waals surface area (Å²) in [5.74, 6) is -2.75. The van der Waals surface area contributed by atoms with E-state index < -0.39 is 38.8 Å². The summed E-state index contributed by atoms with van der Waals surface area (Å²) in [6.45, 7) is 3.60. The zero-order chi connectivity index (χ0) is 36.4. The molecule has 2 heterocycles. The number of aromatic nitrogens is 2. The highest BCUT2D eigenvalue weighted by molar-refractivity contribution is 6.27. The molecule has 256 valence electrons. The van der Waals surface area contributed by atoms with Gasteiger partial charge in [0.1, 0.15) is 16.8 Å². The Morgan fingerprint density at radius 1 is 0.588 bits per heavy atom. The van der Waals surface area contributed by atoms with Gasteiger partial charge in [-0.3, -0.25) is 29.8 Å². The van der Waals surface area contributed by atoms with Crippen LogP contribution in [-0.4, -0.2) is 56.5 Å². The number of nitrogens with one attached hydrogen (secondary N) is 2. The molecule has 6 rings (SSSR count). The Balaban J connectivity index is 1.66. The standard InChI is InChI=1S/C37H28N4O10/c1-3-50-35(44)31-19-23-17-25(9-15-29(23)38-31)37(33(42)21-5-11-27(12-6-21)40(46)47,34(43)22-7-13-28(14-8-22)41(48)49)26-10-16-30-24(18-26)20-32(39-30)36(45)51-4-2/h5-20,38-39H,3-4H2,1-2H3. The molecule has 0 saturated carbocycles. The van der Waals surface area contributed by atoms with Crippen molar-refractivity contribution in [3.63, 3.8) is 0 Å². The number of nitrogens with zero attached hydrogens (tertiary/aromatic N) is 2. The summed E-state index contributed by atoms with van der Waals surface area (Å²) in [6.07, 6.45) is 0. The second kappa shape index (κ2) is 13.5. The van der Waals surface area contributed by atoms with Crippen molar-refractivity contribution in [2.75, 3.05) is 13.2 Å². The van der Waals surface area contributed by atoms with E-state index in [1.165, 1.54) is 36.4 Å². The lowest BCUT2D eigenvalue weighted by molar-refractivity contribution is -0.385. The van der Waals surface area contributed by atoms with Gasteiger partial charge in [0.25, 0.3) is 11.4 Å². The number of benzene rings is 4. The first-order valence-electron chi connectivity index (χ1n) is 15.7. The van der Waals surface area contributed by atoms with Crippen LogP contribution in [0.25, 0.3) is 21.8 Å². The molecule has 14 heteroatoms. The number of rotatable bonds is 12. The molecule has 4 aromatic carbocycles. The minimum Gasteiger partial charge on any atom is -0.461 e.